The van der Waals surface area contributed by atoms with Gasteiger partial charge in [0.05, 0.1) is 6.54 Å². The molecule has 0 spiro atoms. The van der Waals surface area contributed by atoms with Gasteiger partial charge in [-0.2, -0.15) is 0 Å². The smallest absolute Gasteiger partial charge is 0.193 e. The van der Waals surface area contributed by atoms with Crippen LogP contribution in [-0.4, -0.2) is 17.6 Å². The molecule has 0 aromatic heterocycles. The summed E-state index contributed by atoms with van der Waals surface area (Å²) in [5.74, 6) is 0.255. The maximum atomic E-state index is 10.1. The Morgan fingerprint density at radius 1 is 1.24 bits per heavy atom. The van der Waals surface area contributed by atoms with Crippen LogP contribution in [0, 0.1) is 6.92 Å². The summed E-state index contributed by atoms with van der Waals surface area (Å²) in [6.45, 7) is 2.16. The van der Waals surface area contributed by atoms with Gasteiger partial charge in [0, 0.05) is 16.3 Å². The average molecular weight is 304 g/mol. The number of rotatable bonds is 4. The van der Waals surface area contributed by atoms with Gasteiger partial charge in [-0.1, -0.05) is 47.5 Å². The largest absolute Gasteiger partial charge is 0.386 e. The fourth-order valence-electron chi connectivity index (χ4n) is 1.85. The van der Waals surface area contributed by atoms with Crippen LogP contribution < -0.4 is 11.1 Å². The number of aliphatic imine (C=N–C) groups is 1. The molecule has 0 aliphatic heterocycles. The first kappa shape index (κ1) is 15.4. The van der Waals surface area contributed by atoms with Gasteiger partial charge in [-0.15, -0.1) is 0 Å². The number of hydrogen-bond acceptors (Lipinski definition) is 2. The highest BCUT2D eigenvalue weighted by atomic mass is 35.5. The number of nitrogens with one attached hydrogen (secondary N) is 1. The van der Waals surface area contributed by atoms with E-state index in [9.17, 15) is 5.11 Å². The number of nitrogens with two attached hydrogens (primary N) is 1. The van der Waals surface area contributed by atoms with E-state index in [4.69, 9.17) is 17.3 Å². The first-order valence-electron chi connectivity index (χ1n) is 6.62. The molecule has 0 aliphatic rings. The average Bonchev–Trinajstić information content (AvgIpc) is 2.48. The molecular formula is C16H18ClN3O. The van der Waals surface area contributed by atoms with E-state index >= 15 is 0 Å². The molecule has 4 N–H and O–H groups in total. The fourth-order valence-corrected chi connectivity index (χ4v) is 2.11. The molecule has 1 atom stereocenters. The number of anilines is 1. The highest BCUT2D eigenvalue weighted by Gasteiger charge is 2.10. The van der Waals surface area contributed by atoms with Crippen LogP contribution in [0.4, 0.5) is 5.69 Å². The molecule has 1 unspecified atom stereocenters. The van der Waals surface area contributed by atoms with Crippen LogP contribution in [0.2, 0.25) is 5.02 Å². The van der Waals surface area contributed by atoms with Crippen molar-refractivity contribution in [3.8, 4) is 0 Å². The number of aliphatic hydroxyl groups excluding tert-OH is 1. The number of guanidine groups is 1. The Morgan fingerprint density at radius 3 is 2.57 bits per heavy atom. The summed E-state index contributed by atoms with van der Waals surface area (Å²) in [5.41, 5.74) is 8.47. The molecule has 2 aromatic carbocycles. The summed E-state index contributed by atoms with van der Waals surface area (Å²) < 4.78 is 0. The maximum absolute atomic E-state index is 10.1. The number of nitrogens with zero attached hydrogens (tertiary/aromatic N) is 1. The van der Waals surface area contributed by atoms with Crippen LogP contribution in [0.5, 0.6) is 0 Å². The number of aliphatic hydroxyl groups is 1. The third-order valence-corrected chi connectivity index (χ3v) is 3.37. The molecule has 0 fully saturated rings. The Balaban J connectivity index is 1.97. The van der Waals surface area contributed by atoms with Crippen molar-refractivity contribution in [2.24, 2.45) is 10.7 Å². The van der Waals surface area contributed by atoms with Crippen LogP contribution in [0.25, 0.3) is 0 Å². The van der Waals surface area contributed by atoms with Gasteiger partial charge in [-0.05, 0) is 25.1 Å². The summed E-state index contributed by atoms with van der Waals surface area (Å²) in [6.07, 6.45) is -0.780. The molecule has 110 valence electrons. The monoisotopic (exact) mass is 303 g/mol. The topological polar surface area (TPSA) is 70.6 Å². The Kier molecular flexibility index (Phi) is 5.20. The lowest BCUT2D eigenvalue weighted by Gasteiger charge is -2.11. The zero-order chi connectivity index (χ0) is 15.2. The lowest BCUT2D eigenvalue weighted by molar-refractivity contribution is 0.187. The van der Waals surface area contributed by atoms with Crippen LogP contribution in [0.15, 0.2) is 53.5 Å². The van der Waals surface area contributed by atoms with Gasteiger partial charge in [-0.25, -0.2) is 0 Å². The minimum Gasteiger partial charge on any atom is -0.386 e. The number of benzene rings is 2. The molecule has 0 bridgehead atoms. The van der Waals surface area contributed by atoms with E-state index in [0.29, 0.717) is 10.6 Å². The second-order valence-electron chi connectivity index (χ2n) is 4.75. The summed E-state index contributed by atoms with van der Waals surface area (Å²) in [5, 5.41) is 13.6. The van der Waals surface area contributed by atoms with Crippen molar-refractivity contribution in [1.29, 1.82) is 0 Å². The van der Waals surface area contributed by atoms with Crippen molar-refractivity contribution in [2.75, 3.05) is 11.9 Å². The third kappa shape index (κ3) is 4.48. The van der Waals surface area contributed by atoms with Gasteiger partial charge in [0.2, 0.25) is 0 Å². The SMILES string of the molecule is Cc1ccc(NC(N)=NCC(O)c2ccccc2Cl)cc1. The molecule has 2 rings (SSSR count). The van der Waals surface area contributed by atoms with Crippen molar-refractivity contribution in [2.45, 2.75) is 13.0 Å². The first-order chi connectivity index (χ1) is 10.1. The summed E-state index contributed by atoms with van der Waals surface area (Å²) >= 11 is 6.02. The molecule has 0 saturated heterocycles. The van der Waals surface area contributed by atoms with Crippen molar-refractivity contribution in [3.05, 3.63) is 64.7 Å². The van der Waals surface area contributed by atoms with Gasteiger partial charge in [0.15, 0.2) is 5.96 Å². The Morgan fingerprint density at radius 2 is 1.90 bits per heavy atom. The summed E-state index contributed by atoms with van der Waals surface area (Å²) in [7, 11) is 0. The molecule has 21 heavy (non-hydrogen) atoms. The highest BCUT2D eigenvalue weighted by Crippen LogP contribution is 2.22. The number of aryl methyl sites for hydroxylation is 1. The van der Waals surface area contributed by atoms with E-state index in [2.05, 4.69) is 10.3 Å². The van der Waals surface area contributed by atoms with E-state index in [-0.39, 0.29) is 12.5 Å². The van der Waals surface area contributed by atoms with E-state index in [0.717, 1.165) is 5.69 Å². The molecule has 0 radical (unpaired) electrons. The van der Waals surface area contributed by atoms with Gasteiger partial charge in [0.25, 0.3) is 0 Å². The number of halogens is 1. The standard InChI is InChI=1S/C16H18ClN3O/c1-11-6-8-12(9-7-11)20-16(18)19-10-15(21)13-4-2-3-5-14(13)17/h2-9,15,21H,10H2,1H3,(H3,18,19,20). The zero-order valence-electron chi connectivity index (χ0n) is 11.8. The van der Waals surface area contributed by atoms with E-state index in [1.807, 2.05) is 43.3 Å². The lowest BCUT2D eigenvalue weighted by atomic mass is 10.1. The second-order valence-corrected chi connectivity index (χ2v) is 5.16. The molecular weight excluding hydrogens is 286 g/mol. The van der Waals surface area contributed by atoms with Gasteiger partial charge in [-0.3, -0.25) is 4.99 Å². The molecule has 0 amide bonds. The van der Waals surface area contributed by atoms with Crippen LogP contribution >= 0.6 is 11.6 Å². The lowest BCUT2D eigenvalue weighted by Crippen LogP contribution is -2.23. The highest BCUT2D eigenvalue weighted by molar-refractivity contribution is 6.31. The first-order valence-corrected chi connectivity index (χ1v) is 7.00. The van der Waals surface area contributed by atoms with Gasteiger partial charge >= 0.3 is 0 Å². The van der Waals surface area contributed by atoms with Crippen LogP contribution in [0.1, 0.15) is 17.2 Å². The maximum Gasteiger partial charge on any atom is 0.193 e. The molecule has 0 aliphatic carbocycles. The normalized spacial score (nSPS) is 13.0. The van der Waals surface area contributed by atoms with E-state index in [1.54, 1.807) is 12.1 Å². The molecule has 0 saturated carbocycles. The summed E-state index contributed by atoms with van der Waals surface area (Å²) in [4.78, 5) is 4.13. The van der Waals surface area contributed by atoms with E-state index in [1.165, 1.54) is 5.56 Å². The van der Waals surface area contributed by atoms with Crippen LogP contribution in [-0.2, 0) is 0 Å². The Hall–Kier alpha value is -2.04. The van der Waals surface area contributed by atoms with E-state index < -0.39 is 6.10 Å². The van der Waals surface area contributed by atoms with Crippen molar-refractivity contribution >= 4 is 23.2 Å². The molecule has 2 aromatic rings. The molecule has 5 heteroatoms. The number of hydrogen-bond donors (Lipinski definition) is 3. The second kappa shape index (κ2) is 7.11. The van der Waals surface area contributed by atoms with Gasteiger partial charge < -0.3 is 16.2 Å². The quantitative estimate of drug-likeness (QED) is 0.600. The predicted octanol–water partition coefficient (Wildman–Crippen LogP) is 3.11. The molecule has 0 heterocycles. The third-order valence-electron chi connectivity index (χ3n) is 3.02. The minimum atomic E-state index is -0.780. The van der Waals surface area contributed by atoms with Crippen molar-refractivity contribution in [3.63, 3.8) is 0 Å². The van der Waals surface area contributed by atoms with Crippen molar-refractivity contribution < 1.29 is 5.11 Å². The summed E-state index contributed by atoms with van der Waals surface area (Å²) in [6, 6.07) is 14.9. The fraction of sp³-hybridized carbons (Fsp3) is 0.188. The zero-order valence-corrected chi connectivity index (χ0v) is 12.5. The Bertz CT molecular complexity index is 626. The molecule has 4 nitrogen and oxygen atoms in total. The Labute approximate surface area is 129 Å². The minimum absolute atomic E-state index is 0.147. The van der Waals surface area contributed by atoms with Gasteiger partial charge in [0.1, 0.15) is 6.10 Å². The van der Waals surface area contributed by atoms with Crippen LogP contribution in [0.3, 0.4) is 0 Å². The van der Waals surface area contributed by atoms with Crippen molar-refractivity contribution in [1.82, 2.24) is 0 Å². The predicted molar refractivity (Wildman–Crippen MR) is 87.7 cm³/mol.